The van der Waals surface area contributed by atoms with Crippen molar-refractivity contribution in [3.63, 3.8) is 0 Å². The van der Waals surface area contributed by atoms with E-state index < -0.39 is 23.3 Å². The van der Waals surface area contributed by atoms with Crippen LogP contribution in [0.15, 0.2) is 42.1 Å². The van der Waals surface area contributed by atoms with E-state index in [1.165, 1.54) is 31.2 Å². The Balaban J connectivity index is 2.07. The Morgan fingerprint density at radius 3 is 2.62 bits per heavy atom. The van der Waals surface area contributed by atoms with Crippen LogP contribution in [0.5, 0.6) is 0 Å². The second-order valence-corrected chi connectivity index (χ2v) is 5.56. The van der Waals surface area contributed by atoms with Gasteiger partial charge in [-0.25, -0.2) is 9.37 Å². The maximum atomic E-state index is 13.6. The molecule has 0 saturated carbocycles. The Hall–Kier alpha value is -2.86. The zero-order valence-corrected chi connectivity index (χ0v) is 13.1. The number of fused-ring (bicyclic) bond motifs is 1. The minimum absolute atomic E-state index is 0.0289. The summed E-state index contributed by atoms with van der Waals surface area (Å²) in [5.41, 5.74) is 0.642. The van der Waals surface area contributed by atoms with Crippen LogP contribution in [0.2, 0.25) is 5.02 Å². The molecule has 1 aliphatic carbocycles. The van der Waals surface area contributed by atoms with Gasteiger partial charge in [0.1, 0.15) is 11.5 Å². The summed E-state index contributed by atoms with van der Waals surface area (Å²) in [7, 11) is 0. The predicted octanol–water partition coefficient (Wildman–Crippen LogP) is 2.94. The molecule has 0 spiro atoms. The lowest BCUT2D eigenvalue weighted by Gasteiger charge is -2.15. The minimum atomic E-state index is -0.616. The van der Waals surface area contributed by atoms with Crippen LogP contribution >= 0.6 is 11.6 Å². The minimum Gasteiger partial charge on any atom is -0.323 e. The summed E-state index contributed by atoms with van der Waals surface area (Å²) in [5, 5.41) is 2.28. The molecular weight excluding hydrogens is 335 g/mol. The second kappa shape index (κ2) is 5.98. The summed E-state index contributed by atoms with van der Waals surface area (Å²) in [6.07, 6.45) is 1.06. The van der Waals surface area contributed by atoms with E-state index in [0.29, 0.717) is 11.3 Å². The van der Waals surface area contributed by atoms with E-state index in [0.717, 1.165) is 6.08 Å². The molecule has 0 aliphatic heterocycles. The molecule has 120 valence electrons. The van der Waals surface area contributed by atoms with Crippen LogP contribution in [0.3, 0.4) is 0 Å². The van der Waals surface area contributed by atoms with Gasteiger partial charge in [0, 0.05) is 18.6 Å². The number of hydrogen-bond donors (Lipinski definition) is 1. The van der Waals surface area contributed by atoms with Gasteiger partial charge < -0.3 is 5.32 Å². The van der Waals surface area contributed by atoms with Crippen molar-refractivity contribution in [2.24, 2.45) is 0 Å². The van der Waals surface area contributed by atoms with Crippen molar-refractivity contribution in [3.05, 3.63) is 64.2 Å². The van der Waals surface area contributed by atoms with Crippen molar-refractivity contribution >= 4 is 29.1 Å². The molecule has 3 rings (SSSR count). The molecule has 1 aromatic heterocycles. The third kappa shape index (κ3) is 2.83. The third-order valence-corrected chi connectivity index (χ3v) is 3.73. The van der Waals surface area contributed by atoms with E-state index in [9.17, 15) is 18.8 Å². The van der Waals surface area contributed by atoms with Gasteiger partial charge in [0.25, 0.3) is 0 Å². The number of ketones is 2. The number of Topliss-reactive ketones (excluding diaryl/α,β-unsaturated/α-hetero) is 1. The van der Waals surface area contributed by atoms with Gasteiger partial charge in [-0.2, -0.15) is 0 Å². The lowest BCUT2D eigenvalue weighted by molar-refractivity contribution is -0.118. The first kappa shape index (κ1) is 16.0. The number of carbonyl (C=O) groups is 3. The average molecular weight is 345 g/mol. The summed E-state index contributed by atoms with van der Waals surface area (Å²) in [4.78, 5) is 39.8. The number of benzene rings is 1. The van der Waals surface area contributed by atoms with Crippen molar-refractivity contribution < 1.29 is 18.8 Å². The van der Waals surface area contributed by atoms with Crippen molar-refractivity contribution in [1.29, 1.82) is 0 Å². The van der Waals surface area contributed by atoms with Crippen molar-refractivity contribution in [2.45, 2.75) is 6.92 Å². The molecule has 1 amide bonds. The van der Waals surface area contributed by atoms with Gasteiger partial charge in [0.15, 0.2) is 5.78 Å². The van der Waals surface area contributed by atoms with Gasteiger partial charge in [-0.15, -0.1) is 0 Å². The quantitative estimate of drug-likeness (QED) is 0.908. The number of aromatic nitrogens is 1. The molecule has 0 radical (unpaired) electrons. The molecule has 5 nitrogen and oxygen atoms in total. The maximum absolute atomic E-state index is 13.6. The first-order valence-electron chi connectivity index (χ1n) is 6.91. The van der Waals surface area contributed by atoms with E-state index in [1.54, 1.807) is 6.07 Å². The predicted molar refractivity (Wildman–Crippen MR) is 85.2 cm³/mol. The number of halogens is 2. The normalized spacial score (nSPS) is 13.4. The van der Waals surface area contributed by atoms with Gasteiger partial charge in [-0.05, 0) is 24.3 Å². The number of nitrogens with one attached hydrogen (secondary N) is 1. The highest BCUT2D eigenvalue weighted by molar-refractivity contribution is 6.30. The molecule has 1 N–H and O–H groups in total. The number of rotatable bonds is 2. The first-order chi connectivity index (χ1) is 11.4. The van der Waals surface area contributed by atoms with E-state index in [4.69, 9.17) is 11.6 Å². The molecular formula is C17H10ClFN2O3. The summed E-state index contributed by atoms with van der Waals surface area (Å²) in [5.74, 6) is -2.09. The summed E-state index contributed by atoms with van der Waals surface area (Å²) < 4.78 is 13.6. The number of nitrogens with zero attached hydrogens (tertiary/aromatic N) is 1. The lowest BCUT2D eigenvalue weighted by atomic mass is 9.96. The fourth-order valence-electron chi connectivity index (χ4n) is 2.33. The summed E-state index contributed by atoms with van der Waals surface area (Å²) >= 11 is 5.65. The number of pyridine rings is 1. The number of amides is 1. The monoisotopic (exact) mass is 344 g/mol. The van der Waals surface area contributed by atoms with Crippen molar-refractivity contribution in [1.82, 2.24) is 10.3 Å². The van der Waals surface area contributed by atoms with Crippen molar-refractivity contribution in [3.8, 4) is 11.3 Å². The largest absolute Gasteiger partial charge is 0.323 e. The number of allylic oxidation sites excluding steroid dienone is 2. The molecule has 1 heterocycles. The van der Waals surface area contributed by atoms with Crippen LogP contribution in [-0.2, 0) is 4.79 Å². The smallest absolute Gasteiger partial charge is 0.228 e. The highest BCUT2D eigenvalue weighted by Gasteiger charge is 2.28. The fourth-order valence-corrected chi connectivity index (χ4v) is 2.45. The van der Waals surface area contributed by atoms with Crippen LogP contribution in [0.25, 0.3) is 11.3 Å². The summed E-state index contributed by atoms with van der Waals surface area (Å²) in [6, 6.07) is 7.09. The Bertz CT molecular complexity index is 937. The third-order valence-electron chi connectivity index (χ3n) is 3.42. The molecule has 0 unspecified atom stereocenters. The molecule has 0 bridgehead atoms. The zero-order valence-electron chi connectivity index (χ0n) is 12.4. The zero-order chi connectivity index (χ0) is 17.4. The average Bonchev–Trinajstić information content (AvgIpc) is 2.54. The number of carbonyl (C=O) groups excluding carboxylic acids is 3. The first-order valence-corrected chi connectivity index (χ1v) is 7.29. The van der Waals surface area contributed by atoms with Crippen LogP contribution in [0, 0.1) is 5.82 Å². The van der Waals surface area contributed by atoms with E-state index in [-0.39, 0.29) is 22.0 Å². The Kier molecular flexibility index (Phi) is 3.99. The van der Waals surface area contributed by atoms with Gasteiger partial charge >= 0.3 is 0 Å². The second-order valence-electron chi connectivity index (χ2n) is 5.15. The molecule has 0 fully saturated rings. The molecule has 1 aromatic carbocycles. The summed E-state index contributed by atoms with van der Waals surface area (Å²) in [6.45, 7) is 1.23. The fraction of sp³-hybridized carbons (Fsp3) is 0.0588. The van der Waals surface area contributed by atoms with Crippen LogP contribution < -0.4 is 5.32 Å². The number of hydrogen-bond acceptors (Lipinski definition) is 4. The SMILES string of the molecule is CC(=O)NC1=CC(=O)c2ccc(-c3ccc(Cl)c(F)c3)nc2C1=O. The molecule has 7 heteroatoms. The maximum Gasteiger partial charge on any atom is 0.228 e. The Labute approximate surface area is 141 Å². The van der Waals surface area contributed by atoms with Crippen LogP contribution in [-0.4, -0.2) is 22.5 Å². The molecule has 24 heavy (non-hydrogen) atoms. The highest BCUT2D eigenvalue weighted by atomic mass is 35.5. The van der Waals surface area contributed by atoms with Crippen molar-refractivity contribution in [2.75, 3.05) is 0 Å². The molecule has 2 aromatic rings. The Morgan fingerprint density at radius 1 is 1.21 bits per heavy atom. The lowest BCUT2D eigenvalue weighted by Crippen LogP contribution is -2.30. The van der Waals surface area contributed by atoms with E-state index >= 15 is 0 Å². The van der Waals surface area contributed by atoms with Gasteiger partial charge in [-0.1, -0.05) is 17.7 Å². The van der Waals surface area contributed by atoms with Gasteiger partial charge in [-0.3, -0.25) is 14.4 Å². The standard InChI is InChI=1S/C17H10ClFN2O3/c1-8(22)20-14-7-15(23)10-3-5-13(21-16(10)17(14)24)9-2-4-11(18)12(19)6-9/h2-7H,1H3,(H,20,22). The van der Waals surface area contributed by atoms with E-state index in [2.05, 4.69) is 10.3 Å². The Morgan fingerprint density at radius 2 is 1.96 bits per heavy atom. The van der Waals surface area contributed by atoms with Gasteiger partial charge in [0.2, 0.25) is 11.7 Å². The molecule has 0 saturated heterocycles. The molecule has 0 atom stereocenters. The topological polar surface area (TPSA) is 76.1 Å². The molecule has 1 aliphatic rings. The van der Waals surface area contributed by atoms with Crippen LogP contribution in [0.1, 0.15) is 27.8 Å². The van der Waals surface area contributed by atoms with Gasteiger partial charge in [0.05, 0.1) is 22.0 Å². The van der Waals surface area contributed by atoms with Crippen LogP contribution in [0.4, 0.5) is 4.39 Å². The highest BCUT2D eigenvalue weighted by Crippen LogP contribution is 2.26. The van der Waals surface area contributed by atoms with E-state index in [1.807, 2.05) is 0 Å².